The molecule has 26 heavy (non-hydrogen) atoms. The number of aryl methyl sites for hydroxylation is 2. The average Bonchev–Trinajstić information content (AvgIpc) is 2.92. The molecule has 0 unspecified atom stereocenters. The van der Waals surface area contributed by atoms with E-state index in [0.29, 0.717) is 19.0 Å². The van der Waals surface area contributed by atoms with Crippen LogP contribution in [0.4, 0.5) is 0 Å². The monoisotopic (exact) mass is 493 g/mol. The first-order chi connectivity index (χ1) is 12.1. The summed E-state index contributed by atoms with van der Waals surface area (Å²) < 4.78 is 0. The Hall–Kier alpha value is -0.900. The van der Waals surface area contributed by atoms with Crippen LogP contribution in [0.25, 0.3) is 0 Å². The number of nitrogens with zero attached hydrogens (tertiary/aromatic N) is 2. The van der Waals surface area contributed by atoms with Crippen LogP contribution < -0.4 is 16.0 Å². The van der Waals surface area contributed by atoms with E-state index < -0.39 is 0 Å². The Bertz CT molecular complexity index is 565. The molecule has 3 N–H and O–H groups in total. The summed E-state index contributed by atoms with van der Waals surface area (Å²) >= 11 is 1.75. The Morgan fingerprint density at radius 2 is 1.88 bits per heavy atom. The fourth-order valence-electron chi connectivity index (χ4n) is 3.00. The van der Waals surface area contributed by atoms with E-state index in [1.165, 1.54) is 24.1 Å². The number of amides is 1. The fourth-order valence-corrected chi connectivity index (χ4v) is 3.93. The summed E-state index contributed by atoms with van der Waals surface area (Å²) in [7, 11) is 1.75. The minimum Gasteiger partial charge on any atom is -0.356 e. The highest BCUT2D eigenvalue weighted by Crippen LogP contribution is 2.17. The molecule has 148 valence electrons. The quantitative estimate of drug-likeness (QED) is 0.310. The predicted octanol–water partition coefficient (Wildman–Crippen LogP) is 2.92. The maximum atomic E-state index is 12.0. The van der Waals surface area contributed by atoms with Crippen molar-refractivity contribution in [1.29, 1.82) is 0 Å². The van der Waals surface area contributed by atoms with E-state index >= 15 is 0 Å². The molecule has 1 saturated carbocycles. The molecular formula is C18H32IN5OS. The number of hydrogen-bond acceptors (Lipinski definition) is 4. The number of carbonyl (C=O) groups is 1. The van der Waals surface area contributed by atoms with Crippen molar-refractivity contribution in [2.75, 3.05) is 20.1 Å². The second-order valence-corrected chi connectivity index (χ2v) is 7.87. The highest BCUT2D eigenvalue weighted by atomic mass is 127. The molecule has 8 heteroatoms. The number of thiazole rings is 1. The third-order valence-corrected chi connectivity index (χ3v) is 5.68. The van der Waals surface area contributed by atoms with Gasteiger partial charge in [0.25, 0.3) is 0 Å². The van der Waals surface area contributed by atoms with E-state index in [1.54, 1.807) is 18.4 Å². The number of rotatable bonds is 7. The van der Waals surface area contributed by atoms with Crippen molar-refractivity contribution in [3.05, 3.63) is 15.6 Å². The average molecular weight is 493 g/mol. The van der Waals surface area contributed by atoms with Gasteiger partial charge in [-0.05, 0) is 26.7 Å². The Balaban J connectivity index is 0.00000338. The molecule has 2 rings (SSSR count). The van der Waals surface area contributed by atoms with Crippen LogP contribution in [-0.2, 0) is 11.2 Å². The first-order valence-electron chi connectivity index (χ1n) is 9.25. The zero-order chi connectivity index (χ0) is 18.1. The molecule has 0 atom stereocenters. The summed E-state index contributed by atoms with van der Waals surface area (Å²) in [6.45, 7) is 5.51. The second kappa shape index (κ2) is 12.5. The van der Waals surface area contributed by atoms with Gasteiger partial charge in [0, 0.05) is 43.9 Å². The molecule has 0 saturated heterocycles. The Labute approximate surface area is 178 Å². The van der Waals surface area contributed by atoms with Crippen molar-refractivity contribution < 1.29 is 4.79 Å². The van der Waals surface area contributed by atoms with Gasteiger partial charge in [0.05, 0.1) is 10.7 Å². The zero-order valence-electron chi connectivity index (χ0n) is 16.1. The molecular weight excluding hydrogens is 461 g/mol. The molecule has 1 heterocycles. The number of aromatic nitrogens is 1. The van der Waals surface area contributed by atoms with Crippen LogP contribution in [0.5, 0.6) is 0 Å². The molecule has 1 aliphatic carbocycles. The summed E-state index contributed by atoms with van der Waals surface area (Å²) in [4.78, 5) is 22.0. The molecule has 1 aromatic rings. The standard InChI is InChI=1S/C18H31N5OS.HI/c1-13-14(2)25-17(22-13)10-12-21-18(19-3)20-11-9-16(24)23-15-7-5-4-6-8-15;/h15H,4-12H2,1-3H3,(H,23,24)(H2,19,20,21);1H. The molecule has 0 spiro atoms. The lowest BCUT2D eigenvalue weighted by Crippen LogP contribution is -2.41. The maximum Gasteiger partial charge on any atom is 0.221 e. The number of guanidine groups is 1. The summed E-state index contributed by atoms with van der Waals surface area (Å²) in [5.41, 5.74) is 1.12. The summed E-state index contributed by atoms with van der Waals surface area (Å²) in [5, 5.41) is 10.8. The maximum absolute atomic E-state index is 12.0. The Morgan fingerprint density at radius 1 is 1.19 bits per heavy atom. The predicted molar refractivity (Wildman–Crippen MR) is 120 cm³/mol. The van der Waals surface area contributed by atoms with E-state index in [-0.39, 0.29) is 29.9 Å². The number of nitrogens with one attached hydrogen (secondary N) is 3. The van der Waals surface area contributed by atoms with Crippen molar-refractivity contribution in [3.8, 4) is 0 Å². The van der Waals surface area contributed by atoms with Crippen LogP contribution >= 0.6 is 35.3 Å². The third-order valence-electron chi connectivity index (χ3n) is 4.54. The smallest absolute Gasteiger partial charge is 0.221 e. The number of halogens is 1. The van der Waals surface area contributed by atoms with Crippen molar-refractivity contribution in [2.24, 2.45) is 4.99 Å². The van der Waals surface area contributed by atoms with Crippen LogP contribution in [0.15, 0.2) is 4.99 Å². The molecule has 1 amide bonds. The molecule has 0 aliphatic heterocycles. The van der Waals surface area contributed by atoms with Crippen LogP contribution in [0.2, 0.25) is 0 Å². The highest BCUT2D eigenvalue weighted by molar-refractivity contribution is 14.0. The largest absolute Gasteiger partial charge is 0.356 e. The Morgan fingerprint density at radius 3 is 2.50 bits per heavy atom. The van der Waals surface area contributed by atoms with E-state index in [2.05, 4.69) is 32.9 Å². The minimum absolute atomic E-state index is 0. The molecule has 1 aliphatic rings. The third kappa shape index (κ3) is 8.20. The summed E-state index contributed by atoms with van der Waals surface area (Å²) in [6.07, 6.45) is 7.37. The van der Waals surface area contributed by atoms with E-state index in [9.17, 15) is 4.79 Å². The van der Waals surface area contributed by atoms with Gasteiger partial charge in [0.2, 0.25) is 5.91 Å². The van der Waals surface area contributed by atoms with Gasteiger partial charge in [0.15, 0.2) is 5.96 Å². The van der Waals surface area contributed by atoms with E-state index in [1.807, 2.05) is 6.92 Å². The summed E-state index contributed by atoms with van der Waals surface area (Å²) in [6, 6.07) is 0.379. The first-order valence-corrected chi connectivity index (χ1v) is 10.1. The lowest BCUT2D eigenvalue weighted by Gasteiger charge is -2.22. The van der Waals surface area contributed by atoms with Crippen LogP contribution in [0, 0.1) is 13.8 Å². The topological polar surface area (TPSA) is 78.4 Å². The number of aliphatic imine (C=N–C) groups is 1. The van der Waals surface area contributed by atoms with Gasteiger partial charge in [-0.2, -0.15) is 0 Å². The molecule has 6 nitrogen and oxygen atoms in total. The highest BCUT2D eigenvalue weighted by Gasteiger charge is 2.15. The van der Waals surface area contributed by atoms with Crippen molar-refractivity contribution in [1.82, 2.24) is 20.9 Å². The van der Waals surface area contributed by atoms with Gasteiger partial charge in [-0.3, -0.25) is 9.79 Å². The number of carbonyl (C=O) groups excluding carboxylic acids is 1. The zero-order valence-corrected chi connectivity index (χ0v) is 19.2. The molecule has 0 radical (unpaired) electrons. The summed E-state index contributed by atoms with van der Waals surface area (Å²) in [5.74, 6) is 0.860. The molecule has 0 bridgehead atoms. The van der Waals surface area contributed by atoms with Gasteiger partial charge < -0.3 is 16.0 Å². The van der Waals surface area contributed by atoms with Crippen LogP contribution in [0.3, 0.4) is 0 Å². The van der Waals surface area contributed by atoms with Gasteiger partial charge in [-0.25, -0.2) is 4.98 Å². The van der Waals surface area contributed by atoms with Crippen molar-refractivity contribution in [3.63, 3.8) is 0 Å². The first kappa shape index (κ1) is 23.1. The van der Waals surface area contributed by atoms with Gasteiger partial charge in [-0.1, -0.05) is 19.3 Å². The number of hydrogen-bond donors (Lipinski definition) is 3. The normalized spacial score (nSPS) is 15.3. The molecule has 0 aromatic carbocycles. The van der Waals surface area contributed by atoms with Crippen molar-refractivity contribution >= 4 is 47.2 Å². The molecule has 1 aromatic heterocycles. The van der Waals surface area contributed by atoms with E-state index in [4.69, 9.17) is 0 Å². The van der Waals surface area contributed by atoms with E-state index in [0.717, 1.165) is 42.5 Å². The lowest BCUT2D eigenvalue weighted by molar-refractivity contribution is -0.121. The second-order valence-electron chi connectivity index (χ2n) is 6.58. The van der Waals surface area contributed by atoms with Crippen LogP contribution in [-0.4, -0.2) is 43.0 Å². The minimum atomic E-state index is 0. The lowest BCUT2D eigenvalue weighted by atomic mass is 9.95. The van der Waals surface area contributed by atoms with Gasteiger partial charge in [-0.15, -0.1) is 35.3 Å². The van der Waals surface area contributed by atoms with Crippen molar-refractivity contribution in [2.45, 2.75) is 64.8 Å². The van der Waals surface area contributed by atoms with Gasteiger partial charge in [0.1, 0.15) is 0 Å². The fraction of sp³-hybridized carbons (Fsp3) is 0.722. The van der Waals surface area contributed by atoms with Gasteiger partial charge >= 0.3 is 0 Å². The van der Waals surface area contributed by atoms with Crippen LogP contribution in [0.1, 0.15) is 54.1 Å². The SMILES string of the molecule is CN=C(NCCC(=O)NC1CCCCC1)NCCc1nc(C)c(C)s1.I. The molecule has 1 fully saturated rings. The Kier molecular flexibility index (Phi) is 11.1.